The Labute approximate surface area is 216 Å². The summed E-state index contributed by atoms with van der Waals surface area (Å²) in [4.78, 5) is 0. The third-order valence-electron chi connectivity index (χ3n) is 9.61. The lowest BCUT2D eigenvalue weighted by Gasteiger charge is -2.15. The molecule has 170 valence electrons. The van der Waals surface area contributed by atoms with Crippen LogP contribution >= 0.6 is 0 Å². The molecule has 38 heavy (non-hydrogen) atoms. The van der Waals surface area contributed by atoms with E-state index in [4.69, 9.17) is 0 Å². The second-order valence-corrected chi connectivity index (χ2v) is 11.1. The van der Waals surface area contributed by atoms with Crippen LogP contribution in [0.25, 0.3) is 108 Å². The molecule has 0 aliphatic carbocycles. The summed E-state index contributed by atoms with van der Waals surface area (Å²) in [5.74, 6) is 0. The fraction of sp³-hybridized carbons (Fsp3) is 0. The van der Waals surface area contributed by atoms with E-state index < -0.39 is 0 Å². The molecule has 0 amide bonds. The van der Waals surface area contributed by atoms with Gasteiger partial charge in [-0.1, -0.05) is 109 Å². The minimum absolute atomic E-state index is 1.36. The predicted octanol–water partition coefficient (Wildman–Crippen LogP) is 11.0. The lowest BCUT2D eigenvalue weighted by atomic mass is 9.87. The maximum absolute atomic E-state index is 2.35. The average molecular weight is 475 g/mol. The molecule has 0 bridgehead atoms. The van der Waals surface area contributed by atoms with Gasteiger partial charge >= 0.3 is 0 Å². The van der Waals surface area contributed by atoms with Crippen LogP contribution in [0.3, 0.4) is 0 Å². The van der Waals surface area contributed by atoms with E-state index >= 15 is 0 Å². The Bertz CT molecular complexity index is 2500. The Morgan fingerprint density at radius 3 is 0.500 bits per heavy atom. The average Bonchev–Trinajstić information content (AvgIpc) is 3.72. The van der Waals surface area contributed by atoms with E-state index in [-0.39, 0.29) is 0 Å². The molecule has 11 aromatic rings. The van der Waals surface area contributed by atoms with Gasteiger partial charge in [0.1, 0.15) is 0 Å². The maximum Gasteiger partial charge on any atom is -0.0000476 e. The third kappa shape index (κ3) is 1.71. The molecule has 11 rings (SSSR count). The largest absolute Gasteiger partial charge is 0.0616 e. The van der Waals surface area contributed by atoms with E-state index in [0.717, 1.165) is 0 Å². The monoisotopic (exact) mass is 474 g/mol. The molecule has 0 nitrogen and oxygen atoms in total. The lowest BCUT2D eigenvalue weighted by molar-refractivity contribution is 1.83. The van der Waals surface area contributed by atoms with E-state index in [1.807, 2.05) is 0 Å². The number of hydrogen-bond acceptors (Lipinski definition) is 0. The van der Waals surface area contributed by atoms with Crippen molar-refractivity contribution in [2.45, 2.75) is 0 Å². The number of benzene rings is 8. The summed E-state index contributed by atoms with van der Waals surface area (Å²) in [5.41, 5.74) is 0. The summed E-state index contributed by atoms with van der Waals surface area (Å²) in [6, 6.07) is 41.2. The van der Waals surface area contributed by atoms with Gasteiger partial charge in [-0.05, 0) is 108 Å². The number of hydrogen-bond donors (Lipinski definition) is 0. The van der Waals surface area contributed by atoms with Crippen LogP contribution in [0, 0.1) is 0 Å². The number of rotatable bonds is 0. The Morgan fingerprint density at radius 2 is 0.316 bits per heavy atom. The second-order valence-electron chi connectivity index (χ2n) is 11.1. The van der Waals surface area contributed by atoms with Gasteiger partial charge in [0.05, 0.1) is 0 Å². The summed E-state index contributed by atoms with van der Waals surface area (Å²) in [5, 5.41) is 28.1. The quantitative estimate of drug-likeness (QED) is 0.192. The van der Waals surface area contributed by atoms with Crippen LogP contribution in [0.2, 0.25) is 0 Å². The zero-order valence-corrected chi connectivity index (χ0v) is 20.4. The topological polar surface area (TPSA) is 0 Å². The van der Waals surface area contributed by atoms with Crippen molar-refractivity contribution in [3.05, 3.63) is 109 Å². The van der Waals surface area contributed by atoms with Crippen LogP contribution in [-0.4, -0.2) is 0 Å². The fourth-order valence-electron chi connectivity index (χ4n) is 8.42. The minimum Gasteiger partial charge on any atom is -0.0616 e. The van der Waals surface area contributed by atoms with Crippen LogP contribution in [0.1, 0.15) is 0 Å². The predicted molar refractivity (Wildman–Crippen MR) is 166 cm³/mol. The van der Waals surface area contributed by atoms with Gasteiger partial charge in [-0.25, -0.2) is 0 Å². The van der Waals surface area contributed by atoms with Crippen molar-refractivity contribution in [1.29, 1.82) is 0 Å². The molecule has 0 spiro atoms. The van der Waals surface area contributed by atoms with Gasteiger partial charge in [0.2, 0.25) is 0 Å². The highest BCUT2D eigenvalue weighted by Crippen LogP contribution is 2.58. The normalized spacial score (nSPS) is 13.3. The van der Waals surface area contributed by atoms with Gasteiger partial charge in [-0.3, -0.25) is 0 Å². The molecule has 0 fully saturated rings. The molecule has 0 aliphatic rings. The summed E-state index contributed by atoms with van der Waals surface area (Å²) in [6.45, 7) is 0. The highest BCUT2D eigenvalue weighted by Gasteiger charge is 2.29. The molecule has 11 aromatic carbocycles. The summed E-state index contributed by atoms with van der Waals surface area (Å²) < 4.78 is 0. The van der Waals surface area contributed by atoms with Crippen molar-refractivity contribution >= 4 is 108 Å². The zero-order chi connectivity index (χ0) is 24.3. The SMILES string of the molecule is c1ccc2c(c1)c1c3ccccc3c3c4cccc4c4c5ccccc5c5c6cccc6c2c2c1c3c4c52. The van der Waals surface area contributed by atoms with Gasteiger partial charge in [0.25, 0.3) is 0 Å². The van der Waals surface area contributed by atoms with Crippen LogP contribution < -0.4 is 0 Å². The molecular formula is C38H18. The molecule has 0 heterocycles. The van der Waals surface area contributed by atoms with Gasteiger partial charge in [-0.2, -0.15) is 0 Å². The smallest absolute Gasteiger partial charge is 0.0000476 e. The van der Waals surface area contributed by atoms with Crippen molar-refractivity contribution < 1.29 is 0 Å². The minimum atomic E-state index is 1.36. The molecule has 0 aromatic heterocycles. The van der Waals surface area contributed by atoms with Crippen molar-refractivity contribution in [3.63, 3.8) is 0 Å². The van der Waals surface area contributed by atoms with Gasteiger partial charge in [-0.15, -0.1) is 0 Å². The first-order chi connectivity index (χ1) is 18.9. The molecule has 0 saturated heterocycles. The van der Waals surface area contributed by atoms with Gasteiger partial charge in [0, 0.05) is 0 Å². The highest BCUT2D eigenvalue weighted by atomic mass is 14.3. The lowest BCUT2D eigenvalue weighted by Crippen LogP contribution is -1.86. The van der Waals surface area contributed by atoms with Crippen molar-refractivity contribution in [3.8, 4) is 0 Å². The first kappa shape index (κ1) is 18.3. The highest BCUT2D eigenvalue weighted by molar-refractivity contribution is 6.60. The van der Waals surface area contributed by atoms with Gasteiger partial charge in [0.15, 0.2) is 0 Å². The maximum atomic E-state index is 2.35. The van der Waals surface area contributed by atoms with Crippen LogP contribution in [0.4, 0.5) is 0 Å². The fourth-order valence-corrected chi connectivity index (χ4v) is 8.42. The van der Waals surface area contributed by atoms with E-state index in [1.54, 1.807) is 0 Å². The summed E-state index contributed by atoms with van der Waals surface area (Å²) >= 11 is 0. The summed E-state index contributed by atoms with van der Waals surface area (Å²) in [7, 11) is 0. The molecule has 0 radical (unpaired) electrons. The Kier molecular flexibility index (Phi) is 2.79. The third-order valence-corrected chi connectivity index (χ3v) is 9.61. The second kappa shape index (κ2) is 5.79. The van der Waals surface area contributed by atoms with Crippen molar-refractivity contribution in [2.75, 3.05) is 0 Å². The standard InChI is InChI=1S/C38H18/c1-3-11-21-19(9-1)29-20-10-2-4-12-22(20)31-26-16-8-18-28(26)33-24-14-6-5-13-23(24)32-27-17-7-15-25(27)30(21)35-34(29)36(31)38(33)37(32)35/h1-18H. The van der Waals surface area contributed by atoms with E-state index in [2.05, 4.69) is 109 Å². The molecule has 0 heteroatoms. The summed E-state index contributed by atoms with van der Waals surface area (Å²) in [6.07, 6.45) is 0. The zero-order valence-electron chi connectivity index (χ0n) is 20.4. The first-order valence-corrected chi connectivity index (χ1v) is 13.5. The van der Waals surface area contributed by atoms with E-state index in [9.17, 15) is 0 Å². The van der Waals surface area contributed by atoms with E-state index in [1.165, 1.54) is 108 Å². The molecule has 0 saturated carbocycles. The Balaban J connectivity index is 1.75. The van der Waals surface area contributed by atoms with E-state index in [0.29, 0.717) is 0 Å². The first-order valence-electron chi connectivity index (χ1n) is 13.5. The molecular weight excluding hydrogens is 456 g/mol. The van der Waals surface area contributed by atoms with Crippen molar-refractivity contribution in [2.24, 2.45) is 0 Å². The molecule has 0 atom stereocenters. The Morgan fingerprint density at radius 1 is 0.158 bits per heavy atom. The number of fused-ring (bicyclic) bond motifs is 15. The molecule has 0 N–H and O–H groups in total. The van der Waals surface area contributed by atoms with Crippen molar-refractivity contribution in [1.82, 2.24) is 0 Å². The Hall–Kier alpha value is -4.94. The molecule has 0 aliphatic heterocycles. The van der Waals surface area contributed by atoms with Gasteiger partial charge < -0.3 is 0 Å². The molecule has 0 unspecified atom stereocenters. The van der Waals surface area contributed by atoms with Crippen LogP contribution in [0.15, 0.2) is 109 Å². The van der Waals surface area contributed by atoms with Crippen LogP contribution in [0.5, 0.6) is 0 Å². The van der Waals surface area contributed by atoms with Crippen LogP contribution in [-0.2, 0) is 0 Å².